The fourth-order valence-electron chi connectivity index (χ4n) is 0.813. The average molecular weight is 273 g/mol. The van der Waals surface area contributed by atoms with E-state index >= 15 is 0 Å². The van der Waals surface area contributed by atoms with Crippen molar-refractivity contribution in [1.82, 2.24) is 0 Å². The maximum absolute atomic E-state index is 3.51. The Morgan fingerprint density at radius 3 is 2.38 bits per heavy atom. The van der Waals surface area contributed by atoms with Crippen molar-refractivity contribution in [2.75, 3.05) is 0 Å². The van der Waals surface area contributed by atoms with Crippen LogP contribution in [0.1, 0.15) is 9.75 Å². The molecule has 0 atom stereocenters. The maximum atomic E-state index is 3.51. The van der Waals surface area contributed by atoms with Gasteiger partial charge in [0, 0.05) is 9.35 Å². The second kappa shape index (κ2) is 3.99. The van der Waals surface area contributed by atoms with Crippen molar-refractivity contribution in [3.05, 3.63) is 20.3 Å². The minimum absolute atomic E-state index is 1.14. The monoisotopic (exact) mass is 272 g/mol. The summed E-state index contributed by atoms with van der Waals surface area (Å²) in [6, 6.07) is 2.12. The van der Waals surface area contributed by atoms with Gasteiger partial charge in [-0.25, -0.2) is 0 Å². The van der Waals surface area contributed by atoms with E-state index in [9.17, 15) is 0 Å². The van der Waals surface area contributed by atoms with Crippen LogP contribution in [0, 0.1) is 18.4 Å². The van der Waals surface area contributed by atoms with Gasteiger partial charge in [0.05, 0.1) is 4.88 Å². The number of aryl methyl sites for hydroxylation is 1. The molecular formula is C10H13BrSSi. The minimum atomic E-state index is -1.23. The summed E-state index contributed by atoms with van der Waals surface area (Å²) in [6.45, 7) is 8.88. The molecule has 0 amide bonds. The lowest BCUT2D eigenvalue weighted by molar-refractivity contribution is 1.62. The van der Waals surface area contributed by atoms with E-state index in [4.69, 9.17) is 0 Å². The largest absolute Gasteiger partial charge is 0.131 e. The lowest BCUT2D eigenvalue weighted by atomic mass is 10.4. The van der Waals surface area contributed by atoms with Crippen LogP contribution >= 0.6 is 27.3 Å². The molecule has 0 spiro atoms. The standard InChI is InChI=1S/C10H13BrSSi/c1-8-7-9(11)10(12-8)5-6-13(2,3)4/h7H,1-4H3. The zero-order chi connectivity index (χ0) is 10.1. The summed E-state index contributed by atoms with van der Waals surface area (Å²) in [6.07, 6.45) is 0. The molecule has 0 radical (unpaired) electrons. The molecule has 0 unspecified atom stereocenters. The smallest absolute Gasteiger partial charge is 0.129 e. The van der Waals surface area contributed by atoms with Crippen LogP contribution < -0.4 is 0 Å². The van der Waals surface area contributed by atoms with Crippen LogP contribution in [0.4, 0.5) is 0 Å². The van der Waals surface area contributed by atoms with Crippen LogP contribution in [-0.4, -0.2) is 8.07 Å². The second-order valence-corrected chi connectivity index (χ2v) is 10.9. The molecule has 0 N–H and O–H groups in total. The van der Waals surface area contributed by atoms with Crippen molar-refractivity contribution in [2.24, 2.45) is 0 Å². The summed E-state index contributed by atoms with van der Waals surface area (Å²) < 4.78 is 1.14. The molecule has 0 fully saturated rings. The van der Waals surface area contributed by atoms with Gasteiger partial charge in [-0.1, -0.05) is 25.6 Å². The first-order valence-corrected chi connectivity index (χ1v) is 9.28. The van der Waals surface area contributed by atoms with Gasteiger partial charge < -0.3 is 0 Å². The van der Waals surface area contributed by atoms with E-state index in [1.165, 1.54) is 9.75 Å². The topological polar surface area (TPSA) is 0 Å². The van der Waals surface area contributed by atoms with Gasteiger partial charge in [0.15, 0.2) is 0 Å². The first kappa shape index (κ1) is 11.0. The number of rotatable bonds is 0. The van der Waals surface area contributed by atoms with Gasteiger partial charge in [0.2, 0.25) is 0 Å². The summed E-state index contributed by atoms with van der Waals surface area (Å²) >= 11 is 5.26. The van der Waals surface area contributed by atoms with Crippen molar-refractivity contribution in [3.63, 3.8) is 0 Å². The fourth-order valence-corrected chi connectivity index (χ4v) is 3.00. The van der Waals surface area contributed by atoms with Crippen LogP contribution in [0.3, 0.4) is 0 Å². The Labute approximate surface area is 93.5 Å². The van der Waals surface area contributed by atoms with Crippen molar-refractivity contribution in [2.45, 2.75) is 26.6 Å². The van der Waals surface area contributed by atoms with E-state index in [0.29, 0.717) is 0 Å². The van der Waals surface area contributed by atoms with Gasteiger partial charge in [0.25, 0.3) is 0 Å². The molecule has 70 valence electrons. The van der Waals surface area contributed by atoms with Crippen molar-refractivity contribution >= 4 is 35.3 Å². The highest BCUT2D eigenvalue weighted by molar-refractivity contribution is 9.10. The Bertz CT molecular complexity index is 363. The lowest BCUT2D eigenvalue weighted by Gasteiger charge is -2.02. The van der Waals surface area contributed by atoms with Gasteiger partial charge in [-0.3, -0.25) is 0 Å². The van der Waals surface area contributed by atoms with Crippen molar-refractivity contribution < 1.29 is 0 Å². The minimum Gasteiger partial charge on any atom is -0.131 e. The molecule has 0 aliphatic heterocycles. The Kier molecular flexibility index (Phi) is 3.39. The predicted molar refractivity (Wildman–Crippen MR) is 67.0 cm³/mol. The molecule has 0 saturated carbocycles. The highest BCUT2D eigenvalue weighted by Gasteiger charge is 2.08. The summed E-state index contributed by atoms with van der Waals surface area (Å²) in [5.41, 5.74) is 3.36. The van der Waals surface area contributed by atoms with E-state index in [2.05, 4.69) is 60.0 Å². The third-order valence-electron chi connectivity index (χ3n) is 1.36. The summed E-state index contributed by atoms with van der Waals surface area (Å²) in [4.78, 5) is 2.48. The molecule has 0 aliphatic carbocycles. The molecule has 0 nitrogen and oxygen atoms in total. The number of hydrogen-bond donors (Lipinski definition) is 0. The van der Waals surface area contributed by atoms with Crippen molar-refractivity contribution in [3.8, 4) is 11.5 Å². The summed E-state index contributed by atoms with van der Waals surface area (Å²) in [5, 5.41) is 0. The predicted octanol–water partition coefficient (Wildman–Crippen LogP) is 4.05. The Hall–Kier alpha value is -0.0431. The second-order valence-electron chi connectivity index (χ2n) is 4.03. The first-order chi connectivity index (χ1) is 5.88. The molecule has 1 rings (SSSR count). The molecule has 3 heteroatoms. The molecule has 0 aliphatic rings. The Balaban J connectivity index is 2.96. The zero-order valence-electron chi connectivity index (χ0n) is 8.36. The third kappa shape index (κ3) is 3.68. The van der Waals surface area contributed by atoms with E-state index in [1.54, 1.807) is 11.3 Å². The summed E-state index contributed by atoms with van der Waals surface area (Å²) in [7, 11) is -1.23. The quantitative estimate of drug-likeness (QED) is 0.494. The Morgan fingerprint density at radius 2 is 2.00 bits per heavy atom. The molecule has 0 saturated heterocycles. The number of halogens is 1. The van der Waals surface area contributed by atoms with Crippen molar-refractivity contribution in [1.29, 1.82) is 0 Å². The van der Waals surface area contributed by atoms with Gasteiger partial charge >= 0.3 is 0 Å². The Morgan fingerprint density at radius 1 is 1.38 bits per heavy atom. The zero-order valence-corrected chi connectivity index (χ0v) is 11.8. The van der Waals surface area contributed by atoms with Crippen LogP contribution in [0.15, 0.2) is 10.5 Å². The van der Waals surface area contributed by atoms with Crippen LogP contribution in [-0.2, 0) is 0 Å². The maximum Gasteiger partial charge on any atom is 0.129 e. The van der Waals surface area contributed by atoms with Crippen LogP contribution in [0.25, 0.3) is 0 Å². The van der Waals surface area contributed by atoms with E-state index < -0.39 is 8.07 Å². The normalized spacial score (nSPS) is 10.8. The molecule has 0 bridgehead atoms. The van der Waals surface area contributed by atoms with Gasteiger partial charge in [-0.15, -0.1) is 16.9 Å². The molecule has 0 aromatic carbocycles. The van der Waals surface area contributed by atoms with Gasteiger partial charge in [-0.05, 0) is 28.9 Å². The SMILES string of the molecule is Cc1cc(Br)c(C#C[Si](C)(C)C)s1. The molecule has 1 aromatic rings. The van der Waals surface area contributed by atoms with Gasteiger partial charge in [-0.2, -0.15) is 0 Å². The highest BCUT2D eigenvalue weighted by Crippen LogP contribution is 2.25. The van der Waals surface area contributed by atoms with Crippen LogP contribution in [0.2, 0.25) is 19.6 Å². The van der Waals surface area contributed by atoms with Gasteiger partial charge in [0.1, 0.15) is 8.07 Å². The number of hydrogen-bond acceptors (Lipinski definition) is 1. The third-order valence-corrected chi connectivity index (χ3v) is 4.09. The van der Waals surface area contributed by atoms with E-state index in [0.717, 1.165) is 4.47 Å². The number of thiophene rings is 1. The molecule has 13 heavy (non-hydrogen) atoms. The molecule has 1 heterocycles. The molecular weight excluding hydrogens is 260 g/mol. The lowest BCUT2D eigenvalue weighted by Crippen LogP contribution is -2.16. The van der Waals surface area contributed by atoms with E-state index in [1.807, 2.05) is 0 Å². The molecule has 1 aromatic heterocycles. The first-order valence-electron chi connectivity index (χ1n) is 4.17. The summed E-state index contributed by atoms with van der Waals surface area (Å²) in [5.74, 6) is 3.26. The van der Waals surface area contributed by atoms with Crippen LogP contribution in [0.5, 0.6) is 0 Å². The average Bonchev–Trinajstić information content (AvgIpc) is 2.24. The fraction of sp³-hybridized carbons (Fsp3) is 0.400. The highest BCUT2D eigenvalue weighted by atomic mass is 79.9. The van der Waals surface area contributed by atoms with E-state index in [-0.39, 0.29) is 0 Å².